The van der Waals surface area contributed by atoms with E-state index in [0.29, 0.717) is 0 Å². The summed E-state index contributed by atoms with van der Waals surface area (Å²) in [6, 6.07) is 3.54. The summed E-state index contributed by atoms with van der Waals surface area (Å²) in [5.74, 6) is -1.64. The third-order valence-electron chi connectivity index (χ3n) is 1.57. The van der Waals surface area contributed by atoms with Crippen LogP contribution in [0.2, 0.25) is 0 Å². The molecule has 0 bridgehead atoms. The molecule has 0 atom stereocenters. The van der Waals surface area contributed by atoms with Crippen molar-refractivity contribution in [3.8, 4) is 5.75 Å². The van der Waals surface area contributed by atoms with Crippen molar-refractivity contribution in [2.24, 2.45) is 10.9 Å². The van der Waals surface area contributed by atoms with Crippen molar-refractivity contribution in [2.45, 2.75) is 4.90 Å². The van der Waals surface area contributed by atoms with Gasteiger partial charge in [0.1, 0.15) is 10.6 Å². The molecule has 0 fully saturated rings. The van der Waals surface area contributed by atoms with E-state index in [1.165, 1.54) is 12.1 Å². The zero-order valence-electron chi connectivity index (χ0n) is 6.97. The lowest BCUT2D eigenvalue weighted by Crippen LogP contribution is -2.16. The van der Waals surface area contributed by atoms with Crippen molar-refractivity contribution in [2.75, 3.05) is 0 Å². The van der Waals surface area contributed by atoms with Crippen LogP contribution in [-0.4, -0.2) is 19.4 Å². The number of sulfonamides is 1. The minimum absolute atomic E-state index is 0.281. The number of hydrogen-bond acceptors (Lipinski definition) is 4. The fourth-order valence-corrected chi connectivity index (χ4v) is 1.60. The minimum atomic E-state index is -4.05. The van der Waals surface area contributed by atoms with E-state index in [2.05, 4.69) is 0 Å². The van der Waals surface area contributed by atoms with Gasteiger partial charge in [0.05, 0.1) is 5.56 Å². The Balaban J connectivity index is 3.51. The molecule has 0 spiro atoms. The second kappa shape index (κ2) is 3.28. The number of para-hydroxylation sites is 1. The van der Waals surface area contributed by atoms with Crippen molar-refractivity contribution < 1.29 is 18.3 Å². The van der Waals surface area contributed by atoms with Crippen molar-refractivity contribution in [3.05, 3.63) is 23.8 Å². The maximum atomic E-state index is 10.9. The first-order valence-electron chi connectivity index (χ1n) is 3.48. The molecule has 0 unspecified atom stereocenters. The molecule has 0 saturated carbocycles. The van der Waals surface area contributed by atoms with Gasteiger partial charge in [0.25, 0.3) is 5.91 Å². The largest absolute Gasteiger partial charge is 0.506 e. The normalized spacial score (nSPS) is 11.2. The van der Waals surface area contributed by atoms with E-state index in [1.54, 1.807) is 0 Å². The number of carbonyl (C=O) groups excluding carboxylic acids is 1. The van der Waals surface area contributed by atoms with Gasteiger partial charge in [-0.2, -0.15) is 0 Å². The minimum Gasteiger partial charge on any atom is -0.506 e. The summed E-state index contributed by atoms with van der Waals surface area (Å²) in [5.41, 5.74) is 4.61. The number of phenols is 1. The summed E-state index contributed by atoms with van der Waals surface area (Å²) in [6.45, 7) is 0. The molecule has 1 rings (SSSR count). The Labute approximate surface area is 80.2 Å². The number of nitrogens with two attached hydrogens (primary N) is 2. The Bertz CT molecular complexity index is 480. The van der Waals surface area contributed by atoms with Crippen LogP contribution in [0.25, 0.3) is 0 Å². The second-order valence-electron chi connectivity index (χ2n) is 2.56. The lowest BCUT2D eigenvalue weighted by Gasteiger charge is -2.04. The Morgan fingerprint density at radius 2 is 1.93 bits per heavy atom. The first-order chi connectivity index (χ1) is 6.34. The number of carbonyl (C=O) groups is 1. The van der Waals surface area contributed by atoms with Crippen LogP contribution >= 0.6 is 0 Å². The van der Waals surface area contributed by atoms with Crippen molar-refractivity contribution >= 4 is 15.9 Å². The van der Waals surface area contributed by atoms with Gasteiger partial charge in [-0.3, -0.25) is 4.79 Å². The van der Waals surface area contributed by atoms with Crippen LogP contribution in [0.1, 0.15) is 10.4 Å². The van der Waals surface area contributed by atoms with Crippen LogP contribution in [0.3, 0.4) is 0 Å². The zero-order valence-corrected chi connectivity index (χ0v) is 7.78. The highest BCUT2D eigenvalue weighted by molar-refractivity contribution is 7.89. The predicted molar refractivity (Wildman–Crippen MR) is 48.0 cm³/mol. The number of aromatic hydroxyl groups is 1. The molecule has 14 heavy (non-hydrogen) atoms. The van der Waals surface area contributed by atoms with E-state index in [0.717, 1.165) is 6.07 Å². The summed E-state index contributed by atoms with van der Waals surface area (Å²) < 4.78 is 21.8. The van der Waals surface area contributed by atoms with Gasteiger partial charge in [-0.05, 0) is 12.1 Å². The lowest BCUT2D eigenvalue weighted by molar-refractivity contribution is 0.0997. The smallest absolute Gasteiger partial charge is 0.252 e. The summed E-state index contributed by atoms with van der Waals surface area (Å²) >= 11 is 0. The van der Waals surface area contributed by atoms with Crippen molar-refractivity contribution in [1.82, 2.24) is 0 Å². The Morgan fingerprint density at radius 3 is 2.36 bits per heavy atom. The first-order valence-corrected chi connectivity index (χ1v) is 5.03. The van der Waals surface area contributed by atoms with E-state index < -0.39 is 26.6 Å². The number of primary amides is 1. The summed E-state index contributed by atoms with van der Waals surface area (Å²) in [4.78, 5) is 10.2. The maximum Gasteiger partial charge on any atom is 0.252 e. The molecule has 1 aromatic rings. The van der Waals surface area contributed by atoms with Gasteiger partial charge in [0.15, 0.2) is 0 Å². The van der Waals surface area contributed by atoms with E-state index in [-0.39, 0.29) is 5.56 Å². The Kier molecular flexibility index (Phi) is 2.45. The Morgan fingerprint density at radius 1 is 1.36 bits per heavy atom. The molecular weight excluding hydrogens is 208 g/mol. The monoisotopic (exact) mass is 216 g/mol. The molecule has 0 aliphatic rings. The molecule has 0 aliphatic carbocycles. The molecule has 0 aromatic heterocycles. The van der Waals surface area contributed by atoms with Crippen molar-refractivity contribution in [1.29, 1.82) is 0 Å². The lowest BCUT2D eigenvalue weighted by atomic mass is 10.2. The van der Waals surface area contributed by atoms with Crippen molar-refractivity contribution in [3.63, 3.8) is 0 Å². The molecule has 1 amide bonds. The molecule has 0 aliphatic heterocycles. The fourth-order valence-electron chi connectivity index (χ4n) is 0.951. The topological polar surface area (TPSA) is 123 Å². The van der Waals surface area contributed by atoms with Gasteiger partial charge in [-0.25, -0.2) is 13.6 Å². The number of amides is 1. The van der Waals surface area contributed by atoms with E-state index in [4.69, 9.17) is 10.9 Å². The molecule has 76 valence electrons. The molecule has 7 heteroatoms. The van der Waals surface area contributed by atoms with Gasteiger partial charge in [0.2, 0.25) is 10.0 Å². The predicted octanol–water partition coefficient (Wildman–Crippen LogP) is -0.862. The quantitative estimate of drug-likeness (QED) is 0.594. The van der Waals surface area contributed by atoms with Crippen LogP contribution in [0.4, 0.5) is 0 Å². The van der Waals surface area contributed by atoms with Crippen LogP contribution in [0, 0.1) is 0 Å². The molecular formula is C7H8N2O4S. The number of hydrogen-bond donors (Lipinski definition) is 3. The first kappa shape index (κ1) is 10.5. The van der Waals surface area contributed by atoms with Crippen LogP contribution in [0.15, 0.2) is 23.1 Å². The highest BCUT2D eigenvalue weighted by atomic mass is 32.2. The van der Waals surface area contributed by atoms with E-state index in [1.807, 2.05) is 0 Å². The number of rotatable bonds is 2. The number of primary sulfonamides is 1. The molecule has 1 aromatic carbocycles. The van der Waals surface area contributed by atoms with Crippen LogP contribution in [0.5, 0.6) is 5.75 Å². The fraction of sp³-hybridized carbons (Fsp3) is 0. The van der Waals surface area contributed by atoms with Gasteiger partial charge in [-0.1, -0.05) is 6.07 Å². The maximum absolute atomic E-state index is 10.9. The zero-order chi connectivity index (χ0) is 10.9. The van der Waals surface area contributed by atoms with Gasteiger partial charge in [0, 0.05) is 0 Å². The summed E-state index contributed by atoms with van der Waals surface area (Å²) in [7, 11) is -4.05. The number of benzene rings is 1. The third-order valence-corrected chi connectivity index (χ3v) is 2.51. The standard InChI is InChI=1S/C7H8N2O4S/c8-7(11)4-2-1-3-5(6(4)10)14(9,12)13/h1-3,10H,(H2,8,11)(H2,9,12,13). The van der Waals surface area contributed by atoms with Gasteiger partial charge in [-0.15, -0.1) is 0 Å². The van der Waals surface area contributed by atoms with Crippen LogP contribution < -0.4 is 10.9 Å². The highest BCUT2D eigenvalue weighted by Crippen LogP contribution is 2.24. The SMILES string of the molecule is NC(=O)c1cccc(S(N)(=O)=O)c1O. The second-order valence-corrected chi connectivity index (χ2v) is 4.09. The molecule has 0 saturated heterocycles. The third kappa shape index (κ3) is 1.83. The molecule has 0 radical (unpaired) electrons. The Hall–Kier alpha value is -1.60. The molecule has 5 N–H and O–H groups in total. The summed E-state index contributed by atoms with van der Waals surface area (Å²) in [6.07, 6.45) is 0. The van der Waals surface area contributed by atoms with Gasteiger partial charge >= 0.3 is 0 Å². The average Bonchev–Trinajstić information content (AvgIpc) is 2.01. The molecule has 6 nitrogen and oxygen atoms in total. The van der Waals surface area contributed by atoms with E-state index in [9.17, 15) is 18.3 Å². The summed E-state index contributed by atoms with van der Waals surface area (Å²) in [5, 5.41) is 14.1. The van der Waals surface area contributed by atoms with Crippen LogP contribution in [-0.2, 0) is 10.0 Å². The van der Waals surface area contributed by atoms with Gasteiger partial charge < -0.3 is 10.8 Å². The van der Waals surface area contributed by atoms with E-state index >= 15 is 0 Å². The molecule has 0 heterocycles. The highest BCUT2D eigenvalue weighted by Gasteiger charge is 2.18. The average molecular weight is 216 g/mol.